The lowest BCUT2D eigenvalue weighted by Crippen LogP contribution is -2.02. The van der Waals surface area contributed by atoms with Crippen LogP contribution in [0.25, 0.3) is 10.9 Å². The van der Waals surface area contributed by atoms with Crippen LogP contribution >= 0.6 is 0 Å². The Hall–Kier alpha value is -3.13. The minimum atomic E-state index is 0.674. The largest absolute Gasteiger partial charge is 0.497 e. The van der Waals surface area contributed by atoms with Crippen molar-refractivity contribution in [1.29, 1.82) is 5.26 Å². The number of nitriles is 1. The maximum Gasteiger partial charge on any atom is 0.131 e. The van der Waals surface area contributed by atoms with Crippen molar-refractivity contribution in [1.82, 2.24) is 4.98 Å². The molecule has 0 atom stereocenters. The van der Waals surface area contributed by atoms with Gasteiger partial charge in [-0.05, 0) is 43.2 Å². The smallest absolute Gasteiger partial charge is 0.131 e. The number of H-pyrrole nitrogens is 1. The third-order valence-corrected chi connectivity index (χ3v) is 4.15. The fourth-order valence-corrected chi connectivity index (χ4v) is 2.83. The Morgan fingerprint density at radius 2 is 1.88 bits per heavy atom. The van der Waals surface area contributed by atoms with E-state index in [1.807, 2.05) is 36.4 Å². The fourth-order valence-electron chi connectivity index (χ4n) is 2.83. The number of ether oxygens (including phenoxy) is 2. The molecule has 0 aliphatic rings. The van der Waals surface area contributed by atoms with E-state index >= 15 is 0 Å². The third kappa shape index (κ3) is 3.86. The molecule has 0 bridgehead atoms. The number of methoxy groups -OCH3 is 2. The van der Waals surface area contributed by atoms with Crippen LogP contribution in [0.4, 0.5) is 5.69 Å². The zero-order valence-corrected chi connectivity index (χ0v) is 14.4. The molecule has 3 aromatic rings. The van der Waals surface area contributed by atoms with Crippen molar-refractivity contribution in [2.45, 2.75) is 12.8 Å². The van der Waals surface area contributed by atoms with Gasteiger partial charge >= 0.3 is 0 Å². The Bertz CT molecular complexity index is 892. The first kappa shape index (κ1) is 16.7. The highest BCUT2D eigenvalue weighted by Gasteiger charge is 2.09. The highest BCUT2D eigenvalue weighted by atomic mass is 16.5. The molecule has 2 N–H and O–H groups in total. The number of hydrogen-bond acceptors (Lipinski definition) is 4. The second-order valence-electron chi connectivity index (χ2n) is 5.80. The van der Waals surface area contributed by atoms with E-state index in [1.165, 1.54) is 5.69 Å². The van der Waals surface area contributed by atoms with Gasteiger partial charge in [-0.15, -0.1) is 0 Å². The predicted molar refractivity (Wildman–Crippen MR) is 99.4 cm³/mol. The lowest BCUT2D eigenvalue weighted by molar-refractivity contribution is 0.398. The van der Waals surface area contributed by atoms with E-state index in [-0.39, 0.29) is 0 Å². The Morgan fingerprint density at radius 1 is 1.08 bits per heavy atom. The Labute approximate surface area is 147 Å². The van der Waals surface area contributed by atoms with E-state index in [9.17, 15) is 0 Å². The average Bonchev–Trinajstić information content (AvgIpc) is 3.07. The maximum atomic E-state index is 8.81. The first-order valence-corrected chi connectivity index (χ1v) is 8.21. The molecule has 0 spiro atoms. The first-order valence-electron chi connectivity index (χ1n) is 8.21. The summed E-state index contributed by atoms with van der Waals surface area (Å²) >= 11 is 0. The monoisotopic (exact) mass is 335 g/mol. The van der Waals surface area contributed by atoms with Crippen molar-refractivity contribution in [3.05, 3.63) is 53.7 Å². The number of nitrogens with one attached hydrogen (secondary N) is 2. The Kier molecular flexibility index (Phi) is 5.10. The molecular weight excluding hydrogens is 314 g/mol. The number of aromatic nitrogens is 1. The van der Waals surface area contributed by atoms with Crippen LogP contribution in [0, 0.1) is 11.3 Å². The number of benzene rings is 2. The van der Waals surface area contributed by atoms with E-state index in [1.54, 1.807) is 14.2 Å². The summed E-state index contributed by atoms with van der Waals surface area (Å²) < 4.78 is 10.8. The molecule has 0 fully saturated rings. The van der Waals surface area contributed by atoms with Crippen LogP contribution in [-0.2, 0) is 6.42 Å². The van der Waals surface area contributed by atoms with Gasteiger partial charge in [0, 0.05) is 35.4 Å². The topological polar surface area (TPSA) is 70.1 Å². The van der Waals surface area contributed by atoms with E-state index in [4.69, 9.17) is 14.7 Å². The highest BCUT2D eigenvalue weighted by Crippen LogP contribution is 2.31. The zero-order chi connectivity index (χ0) is 17.6. The van der Waals surface area contributed by atoms with Gasteiger partial charge in [0.25, 0.3) is 0 Å². The van der Waals surface area contributed by atoms with Crippen LogP contribution in [-0.4, -0.2) is 25.7 Å². The van der Waals surface area contributed by atoms with Gasteiger partial charge in [-0.3, -0.25) is 0 Å². The van der Waals surface area contributed by atoms with Gasteiger partial charge < -0.3 is 19.8 Å². The predicted octanol–water partition coefficient (Wildman–Crippen LogP) is 4.10. The summed E-state index contributed by atoms with van der Waals surface area (Å²) in [4.78, 5) is 3.43. The second kappa shape index (κ2) is 7.63. The number of aromatic amines is 1. The van der Waals surface area contributed by atoms with Gasteiger partial charge in [0.2, 0.25) is 0 Å². The van der Waals surface area contributed by atoms with Crippen molar-refractivity contribution >= 4 is 16.6 Å². The highest BCUT2D eigenvalue weighted by molar-refractivity contribution is 5.88. The molecule has 0 aliphatic carbocycles. The van der Waals surface area contributed by atoms with Crippen molar-refractivity contribution in [3.63, 3.8) is 0 Å². The molecule has 1 aromatic heterocycles. The molecular formula is C20H21N3O2. The molecule has 0 saturated heterocycles. The SMILES string of the molecule is COc1cc(OC)c2cc(CCCNc3ccc(C#N)cc3)[nH]c2c1. The summed E-state index contributed by atoms with van der Waals surface area (Å²) in [6.07, 6.45) is 1.93. The van der Waals surface area contributed by atoms with E-state index in [2.05, 4.69) is 22.4 Å². The van der Waals surface area contributed by atoms with Crippen LogP contribution < -0.4 is 14.8 Å². The van der Waals surface area contributed by atoms with Gasteiger partial charge in [0.05, 0.1) is 31.4 Å². The number of nitrogens with zero attached hydrogens (tertiary/aromatic N) is 1. The van der Waals surface area contributed by atoms with Crippen molar-refractivity contribution in [2.75, 3.05) is 26.1 Å². The van der Waals surface area contributed by atoms with Gasteiger partial charge in [0.15, 0.2) is 0 Å². The summed E-state index contributed by atoms with van der Waals surface area (Å²) in [6.45, 7) is 0.863. The van der Waals surface area contributed by atoms with E-state index in [0.29, 0.717) is 5.56 Å². The van der Waals surface area contributed by atoms with Crippen LogP contribution in [0.2, 0.25) is 0 Å². The number of rotatable bonds is 7. The summed E-state index contributed by atoms with van der Waals surface area (Å²) in [5.74, 6) is 1.59. The quantitative estimate of drug-likeness (QED) is 0.638. The fraction of sp³-hybridized carbons (Fsp3) is 0.250. The molecule has 5 nitrogen and oxygen atoms in total. The van der Waals surface area contributed by atoms with Crippen molar-refractivity contribution in [2.24, 2.45) is 0 Å². The molecule has 1 heterocycles. The molecule has 2 aromatic carbocycles. The molecule has 3 rings (SSSR count). The summed E-state index contributed by atoms with van der Waals surface area (Å²) in [5, 5.41) is 13.2. The lowest BCUT2D eigenvalue weighted by Gasteiger charge is -2.05. The summed E-state index contributed by atoms with van der Waals surface area (Å²) in [7, 11) is 3.32. The van der Waals surface area contributed by atoms with Crippen molar-refractivity contribution in [3.8, 4) is 17.6 Å². The van der Waals surface area contributed by atoms with Crippen LogP contribution in [0.3, 0.4) is 0 Å². The van der Waals surface area contributed by atoms with Gasteiger partial charge in [-0.1, -0.05) is 0 Å². The average molecular weight is 335 g/mol. The van der Waals surface area contributed by atoms with Crippen LogP contribution in [0.5, 0.6) is 11.5 Å². The van der Waals surface area contributed by atoms with Crippen molar-refractivity contribution < 1.29 is 9.47 Å². The number of aryl methyl sites for hydroxylation is 1. The molecule has 0 amide bonds. The molecule has 0 unspecified atom stereocenters. The molecule has 0 radical (unpaired) electrons. The molecule has 5 heteroatoms. The van der Waals surface area contributed by atoms with Crippen LogP contribution in [0.15, 0.2) is 42.5 Å². The maximum absolute atomic E-state index is 8.81. The summed E-state index contributed by atoms with van der Waals surface area (Å²) in [5.41, 5.74) is 3.89. The molecule has 0 aliphatic heterocycles. The standard InChI is InChI=1S/C20H21N3O2/c1-24-17-11-19-18(20(12-17)25-2)10-16(23-19)4-3-9-22-15-7-5-14(13-21)6-8-15/h5-8,10-12,22-23H,3-4,9H2,1-2H3. The second-order valence-corrected chi connectivity index (χ2v) is 5.80. The number of hydrogen-bond donors (Lipinski definition) is 2. The van der Waals surface area contributed by atoms with Gasteiger partial charge in [0.1, 0.15) is 11.5 Å². The lowest BCUT2D eigenvalue weighted by atomic mass is 10.2. The minimum Gasteiger partial charge on any atom is -0.497 e. The third-order valence-electron chi connectivity index (χ3n) is 4.15. The zero-order valence-electron chi connectivity index (χ0n) is 14.4. The summed E-state index contributed by atoms with van der Waals surface area (Å²) in [6, 6.07) is 15.6. The minimum absolute atomic E-state index is 0.674. The van der Waals surface area contributed by atoms with Crippen LogP contribution in [0.1, 0.15) is 17.7 Å². The van der Waals surface area contributed by atoms with E-state index < -0.39 is 0 Å². The van der Waals surface area contributed by atoms with Gasteiger partial charge in [-0.25, -0.2) is 0 Å². The Morgan fingerprint density at radius 3 is 2.56 bits per heavy atom. The Balaban J connectivity index is 1.60. The molecule has 25 heavy (non-hydrogen) atoms. The molecule has 128 valence electrons. The van der Waals surface area contributed by atoms with E-state index in [0.717, 1.165) is 47.5 Å². The van der Waals surface area contributed by atoms with Gasteiger partial charge in [-0.2, -0.15) is 5.26 Å². The number of anilines is 1. The normalized spacial score (nSPS) is 10.4. The molecule has 0 saturated carbocycles. The first-order chi connectivity index (χ1) is 12.2. The number of fused-ring (bicyclic) bond motifs is 1.